The van der Waals surface area contributed by atoms with Crippen LogP contribution in [0, 0.1) is 5.82 Å². The molecule has 1 fully saturated rings. The normalized spacial score (nSPS) is 17.9. The molecule has 1 N–H and O–H groups in total. The lowest BCUT2D eigenvalue weighted by molar-refractivity contribution is 0.0705. The van der Waals surface area contributed by atoms with Crippen molar-refractivity contribution in [2.45, 2.75) is 32.4 Å². The van der Waals surface area contributed by atoms with Crippen LogP contribution >= 0.6 is 15.9 Å². The molecule has 2 amide bonds. The minimum absolute atomic E-state index is 0.0663. The van der Waals surface area contributed by atoms with Crippen LogP contribution in [0.4, 0.5) is 19.7 Å². The van der Waals surface area contributed by atoms with E-state index in [1.54, 1.807) is 6.07 Å². The number of halogens is 2. The standard InChI is InChI=1S/C15H18BrFN2O4/c1-15(2,3)18-13(20)22-8-10-7-19(14(21)23-10)9-4-5-11(16)12(17)6-9/h4-6,10H,7-8H2,1-3H3,(H,18,20). The number of cyclic esters (lactones) is 1. The fraction of sp³-hybridized carbons (Fsp3) is 0.467. The molecular weight excluding hydrogens is 371 g/mol. The van der Waals surface area contributed by atoms with E-state index in [9.17, 15) is 14.0 Å². The molecule has 1 heterocycles. The van der Waals surface area contributed by atoms with Crippen LogP contribution < -0.4 is 10.2 Å². The van der Waals surface area contributed by atoms with Gasteiger partial charge in [-0.1, -0.05) is 0 Å². The number of nitrogens with zero attached hydrogens (tertiary/aromatic N) is 1. The maximum absolute atomic E-state index is 13.6. The van der Waals surface area contributed by atoms with Crippen molar-refractivity contribution >= 4 is 33.8 Å². The Hall–Kier alpha value is -1.83. The minimum atomic E-state index is -0.600. The monoisotopic (exact) mass is 388 g/mol. The predicted molar refractivity (Wildman–Crippen MR) is 86.0 cm³/mol. The first kappa shape index (κ1) is 17.5. The highest BCUT2D eigenvalue weighted by atomic mass is 79.9. The van der Waals surface area contributed by atoms with Gasteiger partial charge in [-0.05, 0) is 54.9 Å². The highest BCUT2D eigenvalue weighted by Crippen LogP contribution is 2.26. The Morgan fingerprint density at radius 1 is 1.52 bits per heavy atom. The fourth-order valence-electron chi connectivity index (χ4n) is 1.98. The number of anilines is 1. The van der Waals surface area contributed by atoms with Gasteiger partial charge in [-0.3, -0.25) is 4.90 Å². The predicted octanol–water partition coefficient (Wildman–Crippen LogP) is 3.44. The topological polar surface area (TPSA) is 67.9 Å². The molecule has 0 saturated carbocycles. The van der Waals surface area contributed by atoms with Gasteiger partial charge in [0.2, 0.25) is 0 Å². The van der Waals surface area contributed by atoms with Gasteiger partial charge in [0.25, 0.3) is 0 Å². The van der Waals surface area contributed by atoms with Gasteiger partial charge in [-0.25, -0.2) is 14.0 Å². The molecule has 0 bridgehead atoms. The van der Waals surface area contributed by atoms with E-state index < -0.39 is 29.6 Å². The van der Waals surface area contributed by atoms with E-state index in [1.165, 1.54) is 17.0 Å². The quantitative estimate of drug-likeness (QED) is 0.860. The van der Waals surface area contributed by atoms with Gasteiger partial charge in [-0.2, -0.15) is 0 Å². The summed E-state index contributed by atoms with van der Waals surface area (Å²) in [5, 5.41) is 2.64. The molecule has 1 aromatic carbocycles. The number of alkyl carbamates (subject to hydrolysis) is 1. The lowest BCUT2D eigenvalue weighted by Crippen LogP contribution is -2.42. The zero-order valence-corrected chi connectivity index (χ0v) is 14.6. The second-order valence-corrected chi connectivity index (χ2v) is 7.04. The summed E-state index contributed by atoms with van der Waals surface area (Å²) in [6.45, 7) is 5.60. The molecule has 0 aliphatic carbocycles. The van der Waals surface area contributed by atoms with Crippen LogP contribution in [0.15, 0.2) is 22.7 Å². The summed E-state index contributed by atoms with van der Waals surface area (Å²) < 4.78 is 24.0. The summed E-state index contributed by atoms with van der Waals surface area (Å²) in [5.74, 6) is -0.473. The SMILES string of the molecule is CC(C)(C)NC(=O)OCC1CN(c2ccc(Br)c(F)c2)C(=O)O1. The highest BCUT2D eigenvalue weighted by Gasteiger charge is 2.33. The molecule has 0 spiro atoms. The van der Waals surface area contributed by atoms with Crippen LogP contribution in [0.2, 0.25) is 0 Å². The van der Waals surface area contributed by atoms with E-state index in [4.69, 9.17) is 9.47 Å². The number of nitrogens with one attached hydrogen (secondary N) is 1. The van der Waals surface area contributed by atoms with Gasteiger partial charge in [0.15, 0.2) is 6.10 Å². The second-order valence-electron chi connectivity index (χ2n) is 6.19. The molecule has 126 valence electrons. The summed E-state index contributed by atoms with van der Waals surface area (Å²) in [4.78, 5) is 24.8. The number of carbonyl (C=O) groups is 2. The van der Waals surface area contributed by atoms with Crippen molar-refractivity contribution in [3.05, 3.63) is 28.5 Å². The smallest absolute Gasteiger partial charge is 0.414 e. The number of hydrogen-bond donors (Lipinski definition) is 1. The Morgan fingerprint density at radius 3 is 2.83 bits per heavy atom. The van der Waals surface area contributed by atoms with Gasteiger partial charge in [0.05, 0.1) is 16.7 Å². The lowest BCUT2D eigenvalue weighted by Gasteiger charge is -2.20. The Balaban J connectivity index is 1.92. The van der Waals surface area contributed by atoms with Gasteiger partial charge >= 0.3 is 12.2 Å². The van der Waals surface area contributed by atoms with Gasteiger partial charge in [0, 0.05) is 5.54 Å². The first-order chi connectivity index (χ1) is 10.7. The van der Waals surface area contributed by atoms with Crippen LogP contribution in [-0.4, -0.2) is 37.0 Å². The molecular formula is C15H18BrFN2O4. The summed E-state index contributed by atoms with van der Waals surface area (Å²) in [5.41, 5.74) is -0.0258. The summed E-state index contributed by atoms with van der Waals surface area (Å²) in [6, 6.07) is 4.35. The van der Waals surface area contributed by atoms with Crippen LogP contribution in [-0.2, 0) is 9.47 Å². The first-order valence-electron chi connectivity index (χ1n) is 7.04. The van der Waals surface area contributed by atoms with Gasteiger partial charge in [0.1, 0.15) is 12.4 Å². The molecule has 1 atom stereocenters. The third-order valence-corrected chi connectivity index (χ3v) is 3.61. The third kappa shape index (κ3) is 4.82. The van der Waals surface area contributed by atoms with Crippen molar-refractivity contribution in [3.8, 4) is 0 Å². The number of ether oxygens (including phenoxy) is 2. The summed E-state index contributed by atoms with van der Waals surface area (Å²) in [7, 11) is 0. The second kappa shape index (κ2) is 6.74. The lowest BCUT2D eigenvalue weighted by atomic mass is 10.1. The van der Waals surface area contributed by atoms with Crippen LogP contribution in [0.1, 0.15) is 20.8 Å². The van der Waals surface area contributed by atoms with E-state index in [0.717, 1.165) is 0 Å². The maximum Gasteiger partial charge on any atom is 0.414 e. The molecule has 0 radical (unpaired) electrons. The van der Waals surface area contributed by atoms with Crippen molar-refractivity contribution < 1.29 is 23.5 Å². The average molecular weight is 389 g/mol. The Labute approximate surface area is 142 Å². The van der Waals surface area contributed by atoms with Crippen LogP contribution in [0.25, 0.3) is 0 Å². The van der Waals surface area contributed by atoms with Crippen LogP contribution in [0.5, 0.6) is 0 Å². The first-order valence-corrected chi connectivity index (χ1v) is 7.83. The molecule has 6 nitrogen and oxygen atoms in total. The van der Waals surface area contributed by atoms with Crippen LogP contribution in [0.3, 0.4) is 0 Å². The Bertz CT molecular complexity index is 618. The zero-order valence-electron chi connectivity index (χ0n) is 13.1. The Morgan fingerprint density at radius 2 is 2.22 bits per heavy atom. The molecule has 1 aromatic rings. The molecule has 8 heteroatoms. The van der Waals surface area contributed by atoms with Crippen molar-refractivity contribution in [1.29, 1.82) is 0 Å². The van der Waals surface area contributed by atoms with Crippen molar-refractivity contribution in [3.63, 3.8) is 0 Å². The summed E-state index contributed by atoms with van der Waals surface area (Å²) >= 11 is 3.06. The fourth-order valence-corrected chi connectivity index (χ4v) is 2.23. The summed E-state index contributed by atoms with van der Waals surface area (Å²) in [6.07, 6.45) is -1.78. The highest BCUT2D eigenvalue weighted by molar-refractivity contribution is 9.10. The minimum Gasteiger partial charge on any atom is -0.446 e. The number of rotatable bonds is 3. The van der Waals surface area contributed by atoms with Crippen molar-refractivity contribution in [2.24, 2.45) is 0 Å². The van der Waals surface area contributed by atoms with E-state index in [1.807, 2.05) is 20.8 Å². The van der Waals surface area contributed by atoms with Crippen molar-refractivity contribution in [1.82, 2.24) is 5.32 Å². The average Bonchev–Trinajstić information content (AvgIpc) is 2.79. The molecule has 1 saturated heterocycles. The molecule has 1 unspecified atom stereocenters. The maximum atomic E-state index is 13.6. The molecule has 0 aromatic heterocycles. The molecule has 1 aliphatic heterocycles. The number of hydrogen-bond acceptors (Lipinski definition) is 4. The van der Waals surface area contributed by atoms with Crippen molar-refractivity contribution in [2.75, 3.05) is 18.1 Å². The molecule has 23 heavy (non-hydrogen) atoms. The number of benzene rings is 1. The Kier molecular flexibility index (Phi) is 5.13. The number of carbonyl (C=O) groups excluding carboxylic acids is 2. The van der Waals surface area contributed by atoms with E-state index in [2.05, 4.69) is 21.2 Å². The van der Waals surface area contributed by atoms with E-state index >= 15 is 0 Å². The largest absolute Gasteiger partial charge is 0.446 e. The van der Waals surface area contributed by atoms with E-state index in [-0.39, 0.29) is 13.2 Å². The van der Waals surface area contributed by atoms with E-state index in [0.29, 0.717) is 10.2 Å². The number of amides is 2. The van der Waals surface area contributed by atoms with Gasteiger partial charge in [-0.15, -0.1) is 0 Å². The third-order valence-electron chi connectivity index (χ3n) is 2.97. The zero-order chi connectivity index (χ0) is 17.2. The molecule has 2 rings (SSSR count). The molecule has 1 aliphatic rings. The van der Waals surface area contributed by atoms with Gasteiger partial charge < -0.3 is 14.8 Å².